The van der Waals surface area contributed by atoms with Crippen LogP contribution in [0.4, 0.5) is 4.79 Å². The van der Waals surface area contributed by atoms with Gasteiger partial charge in [0.25, 0.3) is 0 Å². The average Bonchev–Trinajstić information content (AvgIpc) is 2.97. The minimum Gasteiger partial charge on any atom is -0.450 e. The van der Waals surface area contributed by atoms with Crippen LogP contribution >= 0.6 is 0 Å². The van der Waals surface area contributed by atoms with Gasteiger partial charge in [0.15, 0.2) is 0 Å². The van der Waals surface area contributed by atoms with Crippen LogP contribution in [0.15, 0.2) is 6.33 Å². The first kappa shape index (κ1) is 15.8. The molecule has 0 spiro atoms. The van der Waals surface area contributed by atoms with E-state index < -0.39 is 0 Å². The van der Waals surface area contributed by atoms with Crippen LogP contribution in [-0.2, 0) is 11.3 Å². The summed E-state index contributed by atoms with van der Waals surface area (Å²) in [6, 6.07) is 0.555. The third-order valence-electron chi connectivity index (χ3n) is 3.84. The Hall–Kier alpha value is -1.63. The lowest BCUT2D eigenvalue weighted by Gasteiger charge is -2.33. The summed E-state index contributed by atoms with van der Waals surface area (Å²) in [5.74, 6) is 0.963. The Bertz CT molecular complexity index is 454. The number of nitrogens with zero attached hydrogens (tertiary/aromatic N) is 4. The van der Waals surface area contributed by atoms with Crippen molar-refractivity contribution in [2.24, 2.45) is 0 Å². The van der Waals surface area contributed by atoms with E-state index in [2.05, 4.69) is 29.2 Å². The zero-order chi connectivity index (χ0) is 15.2. The molecular weight excluding hydrogens is 270 g/mol. The molecule has 1 saturated heterocycles. The molecule has 1 aromatic heterocycles. The first-order chi connectivity index (χ1) is 10.2. The van der Waals surface area contributed by atoms with E-state index in [0.29, 0.717) is 12.6 Å². The van der Waals surface area contributed by atoms with Crippen molar-refractivity contribution in [3.05, 3.63) is 12.2 Å². The molecule has 1 fully saturated rings. The van der Waals surface area contributed by atoms with Gasteiger partial charge < -0.3 is 15.0 Å². The van der Waals surface area contributed by atoms with E-state index >= 15 is 0 Å². The summed E-state index contributed by atoms with van der Waals surface area (Å²) >= 11 is 0. The van der Waals surface area contributed by atoms with Gasteiger partial charge in [-0.05, 0) is 33.6 Å². The summed E-state index contributed by atoms with van der Waals surface area (Å²) in [4.78, 5) is 17.8. The second-order valence-electron chi connectivity index (χ2n) is 5.28. The van der Waals surface area contributed by atoms with Crippen LogP contribution in [0, 0.1) is 0 Å². The monoisotopic (exact) mass is 295 g/mol. The van der Waals surface area contributed by atoms with Crippen LogP contribution in [0.5, 0.6) is 0 Å². The molecule has 7 heteroatoms. The van der Waals surface area contributed by atoms with Crippen molar-refractivity contribution in [1.29, 1.82) is 0 Å². The highest BCUT2D eigenvalue weighted by molar-refractivity contribution is 5.67. The van der Waals surface area contributed by atoms with E-state index in [-0.39, 0.29) is 12.1 Å². The zero-order valence-electron chi connectivity index (χ0n) is 13.1. The number of ether oxygens (including phenoxy) is 1. The first-order valence-corrected chi connectivity index (χ1v) is 7.71. The molecule has 0 saturated carbocycles. The molecule has 118 valence electrons. The van der Waals surface area contributed by atoms with Gasteiger partial charge in [0, 0.05) is 25.7 Å². The van der Waals surface area contributed by atoms with Gasteiger partial charge in [-0.2, -0.15) is 5.10 Å². The highest BCUT2D eigenvalue weighted by Crippen LogP contribution is 2.16. The van der Waals surface area contributed by atoms with Gasteiger partial charge in [0.05, 0.1) is 12.6 Å². The van der Waals surface area contributed by atoms with Crippen LogP contribution in [0.1, 0.15) is 45.5 Å². The Balaban J connectivity index is 1.82. The summed E-state index contributed by atoms with van der Waals surface area (Å²) < 4.78 is 6.94. The quantitative estimate of drug-likeness (QED) is 0.892. The van der Waals surface area contributed by atoms with Gasteiger partial charge in [0.1, 0.15) is 12.2 Å². The van der Waals surface area contributed by atoms with Crippen molar-refractivity contribution in [3.63, 3.8) is 0 Å². The van der Waals surface area contributed by atoms with E-state index in [9.17, 15) is 4.79 Å². The summed E-state index contributed by atoms with van der Waals surface area (Å²) in [5.41, 5.74) is 0. The summed E-state index contributed by atoms with van der Waals surface area (Å²) in [5, 5.41) is 7.79. The molecule has 0 bridgehead atoms. The lowest BCUT2D eigenvalue weighted by atomic mass is 10.0. The van der Waals surface area contributed by atoms with Crippen molar-refractivity contribution < 1.29 is 9.53 Å². The van der Waals surface area contributed by atoms with Gasteiger partial charge in [-0.15, -0.1) is 0 Å². The molecule has 7 nitrogen and oxygen atoms in total. The number of amides is 1. The number of likely N-dealkylation sites (tertiary alicyclic amines) is 1. The number of hydrogen-bond acceptors (Lipinski definition) is 5. The third kappa shape index (κ3) is 3.93. The minimum atomic E-state index is -0.199. The number of piperidine rings is 1. The fourth-order valence-electron chi connectivity index (χ4n) is 2.72. The highest BCUT2D eigenvalue weighted by atomic mass is 16.6. The van der Waals surface area contributed by atoms with E-state index in [1.807, 2.05) is 11.6 Å². The normalized spacial score (nSPS) is 17.8. The molecule has 0 aromatic carbocycles. The lowest BCUT2D eigenvalue weighted by molar-refractivity contribution is 0.0942. The molecular formula is C14H25N5O2. The van der Waals surface area contributed by atoms with E-state index in [1.165, 1.54) is 0 Å². The SMILES string of the molecule is CCOC(=O)N1CCC(N[C@@H](C)c2ncnn2CC)CC1. The predicted molar refractivity (Wildman–Crippen MR) is 78.9 cm³/mol. The molecule has 0 aliphatic carbocycles. The van der Waals surface area contributed by atoms with E-state index in [0.717, 1.165) is 38.3 Å². The number of aromatic nitrogens is 3. The van der Waals surface area contributed by atoms with Crippen LogP contribution in [-0.4, -0.2) is 51.5 Å². The molecule has 1 aliphatic heterocycles. The van der Waals surface area contributed by atoms with E-state index in [4.69, 9.17) is 4.74 Å². The van der Waals surface area contributed by atoms with Gasteiger partial charge in [-0.1, -0.05) is 0 Å². The Kier molecular flexibility index (Phi) is 5.55. The Morgan fingerprint density at radius 1 is 1.48 bits per heavy atom. The molecule has 1 aromatic rings. The van der Waals surface area contributed by atoms with Crippen LogP contribution in [0.3, 0.4) is 0 Å². The molecule has 21 heavy (non-hydrogen) atoms. The Morgan fingerprint density at radius 3 is 2.81 bits per heavy atom. The van der Waals surface area contributed by atoms with Crippen molar-refractivity contribution in [1.82, 2.24) is 25.0 Å². The molecule has 2 rings (SSSR count). The smallest absolute Gasteiger partial charge is 0.409 e. The molecule has 1 amide bonds. The fraction of sp³-hybridized carbons (Fsp3) is 0.786. The average molecular weight is 295 g/mol. The number of carbonyl (C=O) groups excluding carboxylic acids is 1. The lowest BCUT2D eigenvalue weighted by Crippen LogP contribution is -2.45. The molecule has 1 N–H and O–H groups in total. The first-order valence-electron chi connectivity index (χ1n) is 7.71. The largest absolute Gasteiger partial charge is 0.450 e. The maximum atomic E-state index is 11.7. The van der Waals surface area contributed by atoms with E-state index in [1.54, 1.807) is 11.2 Å². The number of rotatable bonds is 5. The summed E-state index contributed by atoms with van der Waals surface area (Å²) in [6.07, 6.45) is 3.27. The summed E-state index contributed by atoms with van der Waals surface area (Å²) in [6.45, 7) is 8.73. The molecule has 0 unspecified atom stereocenters. The predicted octanol–water partition coefficient (Wildman–Crippen LogP) is 1.57. The number of carbonyl (C=O) groups is 1. The van der Waals surface area contributed by atoms with Crippen LogP contribution in [0.25, 0.3) is 0 Å². The molecule has 0 radical (unpaired) electrons. The Morgan fingerprint density at radius 2 is 2.19 bits per heavy atom. The number of aryl methyl sites for hydroxylation is 1. The summed E-state index contributed by atoms with van der Waals surface area (Å²) in [7, 11) is 0. The molecule has 2 heterocycles. The number of hydrogen-bond donors (Lipinski definition) is 1. The minimum absolute atomic E-state index is 0.159. The topological polar surface area (TPSA) is 72.3 Å². The van der Waals surface area contributed by atoms with Crippen molar-refractivity contribution >= 4 is 6.09 Å². The van der Waals surface area contributed by atoms with Crippen molar-refractivity contribution in [2.45, 2.75) is 52.2 Å². The molecule has 1 atom stereocenters. The highest BCUT2D eigenvalue weighted by Gasteiger charge is 2.25. The third-order valence-corrected chi connectivity index (χ3v) is 3.84. The zero-order valence-corrected chi connectivity index (χ0v) is 13.1. The second-order valence-corrected chi connectivity index (χ2v) is 5.28. The van der Waals surface area contributed by atoms with Crippen molar-refractivity contribution in [2.75, 3.05) is 19.7 Å². The second kappa shape index (κ2) is 7.40. The van der Waals surface area contributed by atoms with Gasteiger partial charge in [-0.25, -0.2) is 14.5 Å². The maximum Gasteiger partial charge on any atom is 0.409 e. The Labute approximate surface area is 125 Å². The molecule has 1 aliphatic rings. The van der Waals surface area contributed by atoms with Gasteiger partial charge >= 0.3 is 6.09 Å². The van der Waals surface area contributed by atoms with Gasteiger partial charge in [-0.3, -0.25) is 0 Å². The maximum absolute atomic E-state index is 11.7. The van der Waals surface area contributed by atoms with Crippen molar-refractivity contribution in [3.8, 4) is 0 Å². The standard InChI is InChI=1S/C14H25N5O2/c1-4-19-13(15-10-16-19)11(3)17-12-6-8-18(9-7-12)14(20)21-5-2/h10-12,17H,4-9H2,1-3H3/t11-/m0/s1. The van der Waals surface area contributed by atoms with Crippen LogP contribution in [0.2, 0.25) is 0 Å². The van der Waals surface area contributed by atoms with Gasteiger partial charge in [0.2, 0.25) is 0 Å². The van der Waals surface area contributed by atoms with Crippen LogP contribution < -0.4 is 5.32 Å². The number of nitrogens with one attached hydrogen (secondary N) is 1. The fourth-order valence-corrected chi connectivity index (χ4v) is 2.72.